The van der Waals surface area contributed by atoms with E-state index in [1.54, 1.807) is 0 Å². The maximum absolute atomic E-state index is 3.34. The van der Waals surface area contributed by atoms with Gasteiger partial charge in [0.2, 0.25) is 0 Å². The van der Waals surface area contributed by atoms with Crippen molar-refractivity contribution in [1.29, 1.82) is 0 Å². The molecule has 2 heteroatoms. The summed E-state index contributed by atoms with van der Waals surface area (Å²) < 4.78 is 0. The Bertz CT molecular complexity index is 33.5. The highest BCUT2D eigenvalue weighted by atomic mass is 79.9. The smallest absolute Gasteiger partial charge is 0.0157 e. The minimum Gasteiger partial charge on any atom is -0.316 e. The summed E-state index contributed by atoms with van der Waals surface area (Å²) in [6, 6.07) is 0. The molecule has 0 unspecified atom stereocenters. The summed E-state index contributed by atoms with van der Waals surface area (Å²) in [5.74, 6) is 0. The summed E-state index contributed by atoms with van der Waals surface area (Å²) in [5.41, 5.74) is 0. The first-order valence-electron chi connectivity index (χ1n) is 3.18. The van der Waals surface area contributed by atoms with Gasteiger partial charge in [-0.05, 0) is 13.0 Å². The first kappa shape index (κ1) is 8.44. The number of halogens is 1. The van der Waals surface area contributed by atoms with Crippen LogP contribution in [0.25, 0.3) is 0 Å². The minimum atomic E-state index is 1.07. The predicted octanol–water partition coefficient (Wildman–Crippen LogP) is 1.77. The topological polar surface area (TPSA) is 12.0 Å². The summed E-state index contributed by atoms with van der Waals surface area (Å²) >= 11 is 3.34. The fourth-order valence-electron chi connectivity index (χ4n) is 0.494. The lowest BCUT2D eigenvalue weighted by Gasteiger charge is -1.97. The lowest BCUT2D eigenvalue weighted by atomic mass is 10.3. The van der Waals surface area contributed by atoms with Gasteiger partial charge in [-0.25, -0.2) is 0 Å². The lowest BCUT2D eigenvalue weighted by Crippen LogP contribution is -2.16. The summed E-state index contributed by atoms with van der Waals surface area (Å²) in [7, 11) is 0. The Balaban J connectivity index is 2.53. The molecule has 0 aliphatic heterocycles. The van der Waals surface area contributed by atoms with Crippen molar-refractivity contribution < 1.29 is 0 Å². The van der Waals surface area contributed by atoms with E-state index in [0.29, 0.717) is 0 Å². The molecule has 50 valence electrons. The third-order valence-corrected chi connectivity index (χ3v) is 1.37. The number of hydrogen-bond donors (Lipinski definition) is 1. The average Bonchev–Trinajstić information content (AvgIpc) is 1.81. The Kier molecular flexibility index (Phi) is 7.85. The average molecular weight is 180 g/mol. The van der Waals surface area contributed by atoms with Crippen LogP contribution in [0.15, 0.2) is 0 Å². The van der Waals surface area contributed by atoms with Gasteiger partial charge in [-0.2, -0.15) is 0 Å². The number of alkyl halides is 1. The molecule has 0 amide bonds. The van der Waals surface area contributed by atoms with Crippen LogP contribution in [0.4, 0.5) is 0 Å². The molecule has 0 spiro atoms. The van der Waals surface area contributed by atoms with Gasteiger partial charge in [0.25, 0.3) is 0 Å². The van der Waals surface area contributed by atoms with Crippen LogP contribution in [0, 0.1) is 0 Å². The molecule has 0 saturated carbocycles. The molecule has 0 aromatic heterocycles. The largest absolute Gasteiger partial charge is 0.316 e. The van der Waals surface area contributed by atoms with Crippen LogP contribution in [0.2, 0.25) is 0 Å². The zero-order chi connectivity index (χ0) is 6.24. The van der Waals surface area contributed by atoms with Gasteiger partial charge in [-0.3, -0.25) is 0 Å². The molecule has 0 saturated heterocycles. The maximum atomic E-state index is 3.34. The van der Waals surface area contributed by atoms with Crippen LogP contribution in [0.3, 0.4) is 0 Å². The molecule has 0 bridgehead atoms. The van der Waals surface area contributed by atoms with Crippen molar-refractivity contribution in [3.63, 3.8) is 0 Å². The van der Waals surface area contributed by atoms with E-state index in [1.165, 1.54) is 19.4 Å². The van der Waals surface area contributed by atoms with E-state index in [1.807, 2.05) is 0 Å². The molecule has 1 N–H and O–H groups in total. The van der Waals surface area contributed by atoms with E-state index < -0.39 is 0 Å². The van der Waals surface area contributed by atoms with Crippen molar-refractivity contribution in [3.05, 3.63) is 0 Å². The van der Waals surface area contributed by atoms with Gasteiger partial charge in [0.05, 0.1) is 0 Å². The molecule has 8 heavy (non-hydrogen) atoms. The molecule has 1 nitrogen and oxygen atoms in total. The molecular formula is C6H14BrN. The molecular weight excluding hydrogens is 166 g/mol. The van der Waals surface area contributed by atoms with E-state index in [2.05, 4.69) is 28.2 Å². The van der Waals surface area contributed by atoms with Crippen LogP contribution >= 0.6 is 15.9 Å². The van der Waals surface area contributed by atoms with Gasteiger partial charge in [0.15, 0.2) is 0 Å². The summed E-state index contributed by atoms with van der Waals surface area (Å²) in [6.45, 7) is 4.47. The van der Waals surface area contributed by atoms with Crippen molar-refractivity contribution in [2.45, 2.75) is 19.8 Å². The van der Waals surface area contributed by atoms with Gasteiger partial charge in [0.1, 0.15) is 0 Å². The second kappa shape index (κ2) is 7.44. The first-order valence-corrected chi connectivity index (χ1v) is 4.30. The molecule has 0 radical (unpaired) electrons. The molecule has 0 aliphatic rings. The van der Waals surface area contributed by atoms with E-state index in [-0.39, 0.29) is 0 Å². The number of unbranched alkanes of at least 4 members (excludes halogenated alkanes) is 1. The highest BCUT2D eigenvalue weighted by molar-refractivity contribution is 9.09. The fourth-order valence-corrected chi connectivity index (χ4v) is 0.774. The van der Waals surface area contributed by atoms with E-state index in [0.717, 1.165) is 11.9 Å². The lowest BCUT2D eigenvalue weighted by molar-refractivity contribution is 0.667. The normalized spacial score (nSPS) is 9.75. The highest BCUT2D eigenvalue weighted by Gasteiger charge is 1.81. The van der Waals surface area contributed by atoms with Crippen LogP contribution in [0.1, 0.15) is 19.8 Å². The minimum absolute atomic E-state index is 1.07. The van der Waals surface area contributed by atoms with Crippen LogP contribution in [-0.4, -0.2) is 18.4 Å². The Morgan fingerprint density at radius 2 is 2.12 bits per heavy atom. The summed E-state index contributed by atoms with van der Waals surface area (Å²) in [6.07, 6.45) is 2.59. The molecule has 0 heterocycles. The van der Waals surface area contributed by atoms with Crippen molar-refractivity contribution in [3.8, 4) is 0 Å². The van der Waals surface area contributed by atoms with Crippen molar-refractivity contribution in [2.24, 2.45) is 0 Å². The van der Waals surface area contributed by atoms with Crippen LogP contribution in [-0.2, 0) is 0 Å². The van der Waals surface area contributed by atoms with Gasteiger partial charge in [-0.15, -0.1) is 0 Å². The molecule has 0 aromatic rings. The summed E-state index contributed by atoms with van der Waals surface area (Å²) in [4.78, 5) is 0. The van der Waals surface area contributed by atoms with Crippen molar-refractivity contribution in [1.82, 2.24) is 5.32 Å². The van der Waals surface area contributed by atoms with Crippen LogP contribution < -0.4 is 5.32 Å². The maximum Gasteiger partial charge on any atom is 0.0157 e. The third-order valence-electron chi connectivity index (χ3n) is 0.978. The van der Waals surface area contributed by atoms with Gasteiger partial charge < -0.3 is 5.32 Å². The van der Waals surface area contributed by atoms with Gasteiger partial charge >= 0.3 is 0 Å². The number of hydrogen-bond acceptors (Lipinski definition) is 1. The molecule has 0 fully saturated rings. The van der Waals surface area contributed by atoms with Gasteiger partial charge in [0, 0.05) is 11.9 Å². The molecule has 0 atom stereocenters. The monoisotopic (exact) mass is 179 g/mol. The van der Waals surface area contributed by atoms with E-state index >= 15 is 0 Å². The summed E-state index contributed by atoms with van der Waals surface area (Å²) in [5, 5.41) is 4.36. The predicted molar refractivity (Wildman–Crippen MR) is 41.6 cm³/mol. The zero-order valence-corrected chi connectivity index (χ0v) is 7.00. The third kappa shape index (κ3) is 6.44. The van der Waals surface area contributed by atoms with Crippen LogP contribution in [0.5, 0.6) is 0 Å². The Hall–Kier alpha value is 0.440. The second-order valence-electron chi connectivity index (χ2n) is 1.79. The van der Waals surface area contributed by atoms with E-state index in [9.17, 15) is 0 Å². The van der Waals surface area contributed by atoms with Gasteiger partial charge in [-0.1, -0.05) is 29.3 Å². The Morgan fingerprint density at radius 1 is 1.38 bits per heavy atom. The Labute approximate surface area is 60.0 Å². The van der Waals surface area contributed by atoms with Crippen molar-refractivity contribution >= 4 is 15.9 Å². The molecule has 0 rings (SSSR count). The zero-order valence-electron chi connectivity index (χ0n) is 5.41. The fraction of sp³-hybridized carbons (Fsp3) is 1.00. The quantitative estimate of drug-likeness (QED) is 0.502. The van der Waals surface area contributed by atoms with Crippen molar-refractivity contribution in [2.75, 3.05) is 18.4 Å². The first-order chi connectivity index (χ1) is 3.91. The number of rotatable bonds is 5. The standard InChI is InChI=1S/C6H14BrN/c1-2-3-5-8-6-4-7/h8H,2-6H2,1H3. The molecule has 0 aliphatic carbocycles. The SMILES string of the molecule is CCCCNCCBr. The molecule has 0 aromatic carbocycles. The van der Waals surface area contributed by atoms with E-state index in [4.69, 9.17) is 0 Å². The Morgan fingerprint density at radius 3 is 2.62 bits per heavy atom. The number of nitrogens with one attached hydrogen (secondary N) is 1. The highest BCUT2D eigenvalue weighted by Crippen LogP contribution is 1.82. The second-order valence-corrected chi connectivity index (χ2v) is 2.59.